The van der Waals surface area contributed by atoms with E-state index < -0.39 is 0 Å². The lowest BCUT2D eigenvalue weighted by Crippen LogP contribution is -2.05. The highest BCUT2D eigenvalue weighted by atomic mass is 14.2. The second kappa shape index (κ2) is 3.53. The predicted octanol–water partition coefficient (Wildman–Crippen LogP) is 4.15. The average Bonchev–Trinajstić information content (AvgIpc) is 2.04. The van der Waals surface area contributed by atoms with Crippen LogP contribution in [0, 0.1) is 0 Å². The van der Waals surface area contributed by atoms with Gasteiger partial charge in [-0.15, -0.1) is 0 Å². The fraction of sp³-hybridized carbons (Fsp3) is 0.538. The highest BCUT2D eigenvalue weighted by Gasteiger charge is 2.18. The predicted molar refractivity (Wildman–Crippen MR) is 57.6 cm³/mol. The summed E-state index contributed by atoms with van der Waals surface area (Å²) in [5.41, 5.74) is 6.46. The Hall–Kier alpha value is -0.780. The molecular formula is C13H18. The molecule has 0 bridgehead atoms. The topological polar surface area (TPSA) is 0 Å². The van der Waals surface area contributed by atoms with Gasteiger partial charge in [0.2, 0.25) is 0 Å². The summed E-state index contributed by atoms with van der Waals surface area (Å²) in [7, 11) is 0. The van der Waals surface area contributed by atoms with Crippen molar-refractivity contribution < 1.29 is 0 Å². The maximum absolute atomic E-state index is 2.43. The minimum Gasteiger partial charge on any atom is -0.0850 e. The van der Waals surface area contributed by atoms with Gasteiger partial charge in [0.05, 0.1) is 0 Å². The molecule has 0 unspecified atom stereocenters. The molecule has 2 aliphatic rings. The number of hydrogen-bond donors (Lipinski definition) is 0. The van der Waals surface area contributed by atoms with Crippen LogP contribution in [0.1, 0.15) is 46.0 Å². The maximum atomic E-state index is 2.43. The third kappa shape index (κ3) is 1.77. The third-order valence-corrected chi connectivity index (χ3v) is 3.23. The van der Waals surface area contributed by atoms with Gasteiger partial charge in [0.15, 0.2) is 0 Å². The van der Waals surface area contributed by atoms with Gasteiger partial charge in [-0.25, -0.2) is 0 Å². The zero-order valence-electron chi connectivity index (χ0n) is 8.69. The molecule has 0 aliphatic heterocycles. The lowest BCUT2D eigenvalue weighted by Gasteiger charge is -2.24. The number of hydrogen-bond acceptors (Lipinski definition) is 0. The second-order valence-corrected chi connectivity index (χ2v) is 4.28. The van der Waals surface area contributed by atoms with E-state index in [2.05, 4.69) is 26.0 Å². The minimum absolute atomic E-state index is 1.17. The molecule has 1 saturated carbocycles. The van der Waals surface area contributed by atoms with Crippen LogP contribution in [-0.2, 0) is 0 Å². The van der Waals surface area contributed by atoms with E-state index in [1.165, 1.54) is 37.7 Å². The van der Waals surface area contributed by atoms with Crippen molar-refractivity contribution in [3.05, 3.63) is 34.4 Å². The van der Waals surface area contributed by atoms with Gasteiger partial charge in [-0.05, 0) is 57.1 Å². The van der Waals surface area contributed by atoms with Crippen molar-refractivity contribution in [2.75, 3.05) is 0 Å². The van der Waals surface area contributed by atoms with Crippen LogP contribution in [0.2, 0.25) is 0 Å². The third-order valence-electron chi connectivity index (χ3n) is 3.23. The smallest absolute Gasteiger partial charge is 0.0136 e. The molecule has 0 aromatic rings. The molecule has 1 fully saturated rings. The van der Waals surface area contributed by atoms with Crippen LogP contribution in [0.4, 0.5) is 0 Å². The van der Waals surface area contributed by atoms with Crippen molar-refractivity contribution in [1.82, 2.24) is 0 Å². The van der Waals surface area contributed by atoms with Crippen molar-refractivity contribution in [2.45, 2.75) is 46.0 Å². The Kier molecular flexibility index (Phi) is 2.39. The molecule has 0 saturated heterocycles. The van der Waals surface area contributed by atoms with E-state index in [9.17, 15) is 0 Å². The molecule has 2 rings (SSSR count). The zero-order chi connectivity index (χ0) is 9.26. The Morgan fingerprint density at radius 2 is 1.85 bits per heavy atom. The summed E-state index contributed by atoms with van der Waals surface area (Å²) in [5, 5.41) is 0. The van der Waals surface area contributed by atoms with E-state index in [0.717, 1.165) is 0 Å². The Balaban J connectivity index is 2.24. The van der Waals surface area contributed by atoms with Crippen LogP contribution < -0.4 is 0 Å². The van der Waals surface area contributed by atoms with Gasteiger partial charge in [-0.3, -0.25) is 0 Å². The zero-order valence-corrected chi connectivity index (χ0v) is 8.69. The summed E-state index contributed by atoms with van der Waals surface area (Å²) in [4.78, 5) is 0. The maximum Gasteiger partial charge on any atom is -0.0136 e. The molecule has 0 atom stereocenters. The van der Waals surface area contributed by atoms with E-state index in [-0.39, 0.29) is 0 Å². The van der Waals surface area contributed by atoms with E-state index in [4.69, 9.17) is 0 Å². The van der Waals surface area contributed by atoms with E-state index >= 15 is 0 Å². The van der Waals surface area contributed by atoms with Gasteiger partial charge in [0.1, 0.15) is 0 Å². The van der Waals surface area contributed by atoms with Crippen LogP contribution >= 0.6 is 0 Å². The second-order valence-electron chi connectivity index (χ2n) is 4.28. The number of fused-ring (bicyclic) bond motifs is 1. The summed E-state index contributed by atoms with van der Waals surface area (Å²) < 4.78 is 0. The van der Waals surface area contributed by atoms with Crippen molar-refractivity contribution in [1.29, 1.82) is 0 Å². The first kappa shape index (κ1) is 8.80. The fourth-order valence-electron chi connectivity index (χ4n) is 2.16. The molecular weight excluding hydrogens is 156 g/mol. The molecule has 0 amide bonds. The summed E-state index contributed by atoms with van der Waals surface area (Å²) in [6.45, 7) is 4.55. The van der Waals surface area contributed by atoms with Gasteiger partial charge in [-0.2, -0.15) is 0 Å². The summed E-state index contributed by atoms with van der Waals surface area (Å²) in [6, 6.07) is 0. The Bertz CT molecular complexity index is 300. The van der Waals surface area contributed by atoms with Crippen LogP contribution in [0.5, 0.6) is 0 Å². The summed E-state index contributed by atoms with van der Waals surface area (Å²) >= 11 is 0. The summed E-state index contributed by atoms with van der Waals surface area (Å²) in [6.07, 6.45) is 11.2. The molecule has 0 N–H and O–H groups in total. The largest absolute Gasteiger partial charge is 0.0850 e. The molecule has 0 aromatic carbocycles. The molecule has 0 aromatic heterocycles. The van der Waals surface area contributed by atoms with Crippen molar-refractivity contribution in [3.63, 3.8) is 0 Å². The standard InChI is InChI=1S/C13H18/c1-10-4-3-5-11(2)13-9-8-12(13)7-6-10/h4,7H,3,5-6,8-9H2,1-2H3/b10-4+,12-7?,13-11-. The average molecular weight is 174 g/mol. The first-order chi connectivity index (χ1) is 6.27. The first-order valence-corrected chi connectivity index (χ1v) is 5.31. The molecule has 0 spiro atoms. The SMILES string of the molecule is C/C1=C2\CCC2=CC/C(C)=C/CC1. The highest BCUT2D eigenvalue weighted by Crippen LogP contribution is 2.37. The van der Waals surface area contributed by atoms with Crippen molar-refractivity contribution in [3.8, 4) is 0 Å². The molecule has 0 radical (unpaired) electrons. The molecule has 2 aliphatic carbocycles. The number of allylic oxidation sites excluding steroid dienone is 6. The highest BCUT2D eigenvalue weighted by molar-refractivity contribution is 5.43. The van der Waals surface area contributed by atoms with Gasteiger partial charge >= 0.3 is 0 Å². The Morgan fingerprint density at radius 1 is 1.00 bits per heavy atom. The lowest BCUT2D eigenvalue weighted by atomic mass is 9.81. The van der Waals surface area contributed by atoms with Crippen LogP contribution in [0.15, 0.2) is 34.4 Å². The first-order valence-electron chi connectivity index (χ1n) is 5.31. The molecule has 13 heavy (non-hydrogen) atoms. The number of rotatable bonds is 0. The normalized spacial score (nSPS) is 32.8. The molecule has 0 heterocycles. The van der Waals surface area contributed by atoms with Gasteiger partial charge in [-0.1, -0.05) is 23.3 Å². The van der Waals surface area contributed by atoms with Crippen LogP contribution in [-0.4, -0.2) is 0 Å². The molecule has 0 heteroatoms. The fourth-order valence-corrected chi connectivity index (χ4v) is 2.16. The quantitative estimate of drug-likeness (QED) is 0.484. The monoisotopic (exact) mass is 174 g/mol. The Morgan fingerprint density at radius 3 is 2.54 bits per heavy atom. The molecule has 70 valence electrons. The Labute approximate surface area is 81.0 Å². The van der Waals surface area contributed by atoms with Gasteiger partial charge in [0, 0.05) is 0 Å². The van der Waals surface area contributed by atoms with Gasteiger partial charge < -0.3 is 0 Å². The van der Waals surface area contributed by atoms with E-state index in [1.807, 2.05) is 0 Å². The van der Waals surface area contributed by atoms with E-state index in [1.54, 1.807) is 16.7 Å². The summed E-state index contributed by atoms with van der Waals surface area (Å²) in [5.74, 6) is 0. The van der Waals surface area contributed by atoms with Crippen LogP contribution in [0.25, 0.3) is 0 Å². The van der Waals surface area contributed by atoms with Crippen molar-refractivity contribution >= 4 is 0 Å². The van der Waals surface area contributed by atoms with Gasteiger partial charge in [0.25, 0.3) is 0 Å². The van der Waals surface area contributed by atoms with E-state index in [0.29, 0.717) is 0 Å². The lowest BCUT2D eigenvalue weighted by molar-refractivity contribution is 0.784. The van der Waals surface area contributed by atoms with Crippen LogP contribution in [0.3, 0.4) is 0 Å². The molecule has 0 nitrogen and oxygen atoms in total. The van der Waals surface area contributed by atoms with Crippen molar-refractivity contribution in [2.24, 2.45) is 0 Å². The minimum atomic E-state index is 1.17.